The van der Waals surface area contributed by atoms with E-state index in [4.69, 9.17) is 4.74 Å². The molecule has 0 aliphatic rings. The molecule has 0 fully saturated rings. The summed E-state index contributed by atoms with van der Waals surface area (Å²) in [5, 5.41) is 3.41. The van der Waals surface area contributed by atoms with Gasteiger partial charge in [0, 0.05) is 12.2 Å². The summed E-state index contributed by atoms with van der Waals surface area (Å²) in [4.78, 5) is 0. The molecule has 2 aromatic carbocycles. The topological polar surface area (TPSA) is 21.3 Å². The molecule has 0 saturated carbocycles. The van der Waals surface area contributed by atoms with E-state index in [1.54, 1.807) is 0 Å². The first-order valence-electron chi connectivity index (χ1n) is 7.30. The van der Waals surface area contributed by atoms with Crippen LogP contribution in [0.15, 0.2) is 48.5 Å². The number of aryl methyl sites for hydroxylation is 2. The molecule has 0 bridgehead atoms. The summed E-state index contributed by atoms with van der Waals surface area (Å²) in [7, 11) is 0. The normalized spacial score (nSPS) is 10.3. The lowest BCUT2D eigenvalue weighted by atomic mass is 10.1. The van der Waals surface area contributed by atoms with E-state index >= 15 is 0 Å². The zero-order chi connectivity index (χ0) is 14.2. The molecule has 0 heterocycles. The molecule has 20 heavy (non-hydrogen) atoms. The van der Waals surface area contributed by atoms with Gasteiger partial charge >= 0.3 is 0 Å². The SMILES string of the molecule is CCc1ccc(NCCCOc2ccc(C)cc2)cc1. The zero-order valence-corrected chi connectivity index (χ0v) is 12.4. The van der Waals surface area contributed by atoms with Crippen LogP contribution in [0.25, 0.3) is 0 Å². The van der Waals surface area contributed by atoms with E-state index in [1.165, 1.54) is 16.8 Å². The molecule has 0 atom stereocenters. The Balaban J connectivity index is 1.64. The van der Waals surface area contributed by atoms with Gasteiger partial charge < -0.3 is 10.1 Å². The Bertz CT molecular complexity index is 502. The lowest BCUT2D eigenvalue weighted by Crippen LogP contribution is -2.07. The van der Waals surface area contributed by atoms with E-state index in [0.717, 1.165) is 31.7 Å². The molecule has 2 nitrogen and oxygen atoms in total. The molecule has 0 unspecified atom stereocenters. The van der Waals surface area contributed by atoms with Crippen molar-refractivity contribution < 1.29 is 4.74 Å². The molecule has 2 rings (SSSR count). The first-order valence-corrected chi connectivity index (χ1v) is 7.30. The van der Waals surface area contributed by atoms with E-state index in [2.05, 4.69) is 55.6 Å². The van der Waals surface area contributed by atoms with Gasteiger partial charge in [-0.1, -0.05) is 36.8 Å². The minimum Gasteiger partial charge on any atom is -0.494 e. The van der Waals surface area contributed by atoms with E-state index in [0.29, 0.717) is 0 Å². The fraction of sp³-hybridized carbons (Fsp3) is 0.333. The summed E-state index contributed by atoms with van der Waals surface area (Å²) in [5.41, 5.74) is 3.81. The monoisotopic (exact) mass is 269 g/mol. The number of hydrogen-bond donors (Lipinski definition) is 1. The third-order valence-corrected chi connectivity index (χ3v) is 3.30. The van der Waals surface area contributed by atoms with Crippen molar-refractivity contribution in [2.75, 3.05) is 18.5 Å². The predicted molar refractivity (Wildman–Crippen MR) is 85.6 cm³/mol. The summed E-state index contributed by atoms with van der Waals surface area (Å²) in [6.45, 7) is 5.92. The highest BCUT2D eigenvalue weighted by molar-refractivity contribution is 5.44. The Labute approximate surface area is 121 Å². The second kappa shape index (κ2) is 7.59. The maximum absolute atomic E-state index is 5.70. The molecule has 0 radical (unpaired) electrons. The highest BCUT2D eigenvalue weighted by atomic mass is 16.5. The summed E-state index contributed by atoms with van der Waals surface area (Å²) in [6.07, 6.45) is 2.08. The quantitative estimate of drug-likeness (QED) is 0.750. The van der Waals surface area contributed by atoms with Crippen LogP contribution in [0.1, 0.15) is 24.5 Å². The van der Waals surface area contributed by atoms with Gasteiger partial charge in [-0.25, -0.2) is 0 Å². The maximum atomic E-state index is 5.70. The van der Waals surface area contributed by atoms with Crippen molar-refractivity contribution in [1.82, 2.24) is 0 Å². The molecule has 106 valence electrons. The van der Waals surface area contributed by atoms with Crippen molar-refractivity contribution >= 4 is 5.69 Å². The summed E-state index contributed by atoms with van der Waals surface area (Å²) < 4.78 is 5.70. The molecule has 0 aliphatic heterocycles. The Hall–Kier alpha value is -1.96. The average molecular weight is 269 g/mol. The standard InChI is InChI=1S/C18H23NO/c1-3-16-7-9-17(10-8-16)19-13-4-14-20-18-11-5-15(2)6-12-18/h5-12,19H,3-4,13-14H2,1-2H3. The van der Waals surface area contributed by atoms with Crippen LogP contribution in [-0.4, -0.2) is 13.2 Å². The first kappa shape index (κ1) is 14.4. The molecule has 0 amide bonds. The molecule has 0 saturated heterocycles. The highest BCUT2D eigenvalue weighted by Crippen LogP contribution is 2.12. The van der Waals surface area contributed by atoms with Gasteiger partial charge in [-0.15, -0.1) is 0 Å². The van der Waals surface area contributed by atoms with E-state index in [-0.39, 0.29) is 0 Å². The van der Waals surface area contributed by atoms with Crippen LogP contribution in [0.2, 0.25) is 0 Å². The Morgan fingerprint density at radius 1 is 0.950 bits per heavy atom. The van der Waals surface area contributed by atoms with Gasteiger partial charge in [0.15, 0.2) is 0 Å². The number of nitrogens with one attached hydrogen (secondary N) is 1. The summed E-state index contributed by atoms with van der Waals surface area (Å²) in [5.74, 6) is 0.947. The fourth-order valence-electron chi connectivity index (χ4n) is 1.99. The smallest absolute Gasteiger partial charge is 0.119 e. The molecule has 0 spiro atoms. The zero-order valence-electron chi connectivity index (χ0n) is 12.4. The van der Waals surface area contributed by atoms with Crippen molar-refractivity contribution in [2.24, 2.45) is 0 Å². The lowest BCUT2D eigenvalue weighted by Gasteiger charge is -2.09. The molecular formula is C18H23NO. The molecule has 1 N–H and O–H groups in total. The van der Waals surface area contributed by atoms with Crippen molar-refractivity contribution in [3.8, 4) is 5.75 Å². The number of benzene rings is 2. The number of anilines is 1. The minimum atomic E-state index is 0.739. The molecule has 0 aliphatic carbocycles. The van der Waals surface area contributed by atoms with Crippen LogP contribution in [0.4, 0.5) is 5.69 Å². The Kier molecular flexibility index (Phi) is 5.48. The van der Waals surface area contributed by atoms with Crippen LogP contribution in [0.5, 0.6) is 5.75 Å². The van der Waals surface area contributed by atoms with Gasteiger partial charge in [0.2, 0.25) is 0 Å². The lowest BCUT2D eigenvalue weighted by molar-refractivity contribution is 0.315. The molecular weight excluding hydrogens is 246 g/mol. The largest absolute Gasteiger partial charge is 0.494 e. The van der Waals surface area contributed by atoms with Crippen LogP contribution < -0.4 is 10.1 Å². The van der Waals surface area contributed by atoms with E-state index in [1.807, 2.05) is 12.1 Å². The number of rotatable bonds is 7. The van der Waals surface area contributed by atoms with Crippen LogP contribution in [-0.2, 0) is 6.42 Å². The Morgan fingerprint density at radius 3 is 2.30 bits per heavy atom. The minimum absolute atomic E-state index is 0.739. The average Bonchev–Trinajstić information content (AvgIpc) is 2.49. The summed E-state index contributed by atoms with van der Waals surface area (Å²) >= 11 is 0. The van der Waals surface area contributed by atoms with Crippen LogP contribution in [0, 0.1) is 6.92 Å². The van der Waals surface area contributed by atoms with Crippen molar-refractivity contribution in [3.63, 3.8) is 0 Å². The molecule has 2 aromatic rings. The highest BCUT2D eigenvalue weighted by Gasteiger charge is 1.95. The molecule has 2 heteroatoms. The second-order valence-corrected chi connectivity index (χ2v) is 4.99. The van der Waals surface area contributed by atoms with E-state index < -0.39 is 0 Å². The van der Waals surface area contributed by atoms with Gasteiger partial charge in [-0.05, 0) is 49.6 Å². The van der Waals surface area contributed by atoms with Gasteiger partial charge in [-0.2, -0.15) is 0 Å². The van der Waals surface area contributed by atoms with Crippen LogP contribution in [0.3, 0.4) is 0 Å². The third-order valence-electron chi connectivity index (χ3n) is 3.30. The van der Waals surface area contributed by atoms with Gasteiger partial charge in [0.05, 0.1) is 6.61 Å². The second-order valence-electron chi connectivity index (χ2n) is 4.99. The van der Waals surface area contributed by atoms with Gasteiger partial charge in [0.1, 0.15) is 5.75 Å². The van der Waals surface area contributed by atoms with Crippen molar-refractivity contribution in [3.05, 3.63) is 59.7 Å². The summed E-state index contributed by atoms with van der Waals surface area (Å²) in [6, 6.07) is 16.8. The fourth-order valence-corrected chi connectivity index (χ4v) is 1.99. The first-order chi connectivity index (χ1) is 9.78. The van der Waals surface area contributed by atoms with E-state index in [9.17, 15) is 0 Å². The van der Waals surface area contributed by atoms with Crippen LogP contribution >= 0.6 is 0 Å². The van der Waals surface area contributed by atoms with Crippen molar-refractivity contribution in [1.29, 1.82) is 0 Å². The van der Waals surface area contributed by atoms with Gasteiger partial charge in [0.25, 0.3) is 0 Å². The molecule has 0 aromatic heterocycles. The Morgan fingerprint density at radius 2 is 1.65 bits per heavy atom. The maximum Gasteiger partial charge on any atom is 0.119 e. The third kappa shape index (κ3) is 4.61. The predicted octanol–water partition coefficient (Wildman–Crippen LogP) is 4.44. The van der Waals surface area contributed by atoms with Gasteiger partial charge in [-0.3, -0.25) is 0 Å². The van der Waals surface area contributed by atoms with Crippen molar-refractivity contribution in [2.45, 2.75) is 26.7 Å². The number of hydrogen-bond acceptors (Lipinski definition) is 2. The number of ether oxygens (including phenoxy) is 1.